The molecule has 1 aliphatic carbocycles. The Bertz CT molecular complexity index is 498. The fraction of sp³-hybridized carbons (Fsp3) is 0.714. The molecule has 1 unspecified atom stereocenters. The minimum atomic E-state index is -0.0619. The molecular weight excluding hydrogens is 320 g/mol. The molecule has 0 aliphatic heterocycles. The summed E-state index contributed by atoms with van der Waals surface area (Å²) in [5.41, 5.74) is 6.45. The maximum Gasteiger partial charge on any atom is 0.283 e. The molecule has 5 nitrogen and oxygen atoms in total. The van der Waals surface area contributed by atoms with Gasteiger partial charge in [-0.2, -0.15) is 5.10 Å². The van der Waals surface area contributed by atoms with Crippen LogP contribution in [-0.2, 0) is 6.54 Å². The van der Waals surface area contributed by atoms with E-state index in [1.54, 1.807) is 10.9 Å². The summed E-state index contributed by atoms with van der Waals surface area (Å²) in [7, 11) is 0. The van der Waals surface area contributed by atoms with Crippen LogP contribution in [0.15, 0.2) is 15.5 Å². The summed E-state index contributed by atoms with van der Waals surface area (Å²) >= 11 is 3.39. The Morgan fingerprint density at radius 2 is 2.35 bits per heavy atom. The lowest BCUT2D eigenvalue weighted by Crippen LogP contribution is -2.31. The first-order chi connectivity index (χ1) is 9.65. The summed E-state index contributed by atoms with van der Waals surface area (Å²) in [5, 5.41) is 7.58. The lowest BCUT2D eigenvalue weighted by atomic mass is 10.1. The molecule has 6 heteroatoms. The second-order valence-electron chi connectivity index (χ2n) is 5.52. The van der Waals surface area contributed by atoms with E-state index in [1.165, 1.54) is 12.8 Å². The molecule has 1 saturated carbocycles. The van der Waals surface area contributed by atoms with Crippen molar-refractivity contribution in [2.24, 2.45) is 11.7 Å². The lowest BCUT2D eigenvalue weighted by Gasteiger charge is -2.18. The molecule has 0 bridgehead atoms. The molecule has 0 radical (unpaired) electrons. The second kappa shape index (κ2) is 7.22. The third kappa shape index (κ3) is 4.06. The van der Waals surface area contributed by atoms with Crippen molar-refractivity contribution in [2.45, 2.75) is 51.6 Å². The Morgan fingerprint density at radius 1 is 1.60 bits per heavy atom. The highest BCUT2D eigenvalue weighted by molar-refractivity contribution is 9.10. The first-order valence-electron chi connectivity index (χ1n) is 7.38. The standard InChI is InChI=1S/C14H23BrN4O/c1-2-3-4-11(7-16)18-12-8-17-19(9-10-5-6-10)14(20)13(12)15/h8,10-11,18H,2-7,9,16H2,1H3. The molecular formula is C14H23BrN4O. The Kier molecular flexibility index (Phi) is 5.60. The summed E-state index contributed by atoms with van der Waals surface area (Å²) in [6.07, 6.45) is 7.41. The van der Waals surface area contributed by atoms with E-state index in [0.29, 0.717) is 16.9 Å². The van der Waals surface area contributed by atoms with Gasteiger partial charge in [0.1, 0.15) is 4.47 Å². The van der Waals surface area contributed by atoms with Gasteiger partial charge in [-0.3, -0.25) is 4.79 Å². The highest BCUT2D eigenvalue weighted by Crippen LogP contribution is 2.30. The van der Waals surface area contributed by atoms with E-state index in [-0.39, 0.29) is 11.6 Å². The zero-order valence-corrected chi connectivity index (χ0v) is 13.5. The van der Waals surface area contributed by atoms with Gasteiger partial charge in [-0.05, 0) is 41.1 Å². The van der Waals surface area contributed by atoms with Gasteiger partial charge in [-0.1, -0.05) is 19.8 Å². The van der Waals surface area contributed by atoms with Crippen molar-refractivity contribution in [1.29, 1.82) is 0 Å². The highest BCUT2D eigenvalue weighted by Gasteiger charge is 2.23. The molecule has 1 aliphatic rings. The van der Waals surface area contributed by atoms with Gasteiger partial charge < -0.3 is 11.1 Å². The third-order valence-electron chi connectivity index (χ3n) is 3.66. The minimum absolute atomic E-state index is 0.0619. The van der Waals surface area contributed by atoms with E-state index in [9.17, 15) is 4.79 Å². The molecule has 2 rings (SSSR count). The molecule has 112 valence electrons. The summed E-state index contributed by atoms with van der Waals surface area (Å²) in [5.74, 6) is 0.632. The fourth-order valence-corrected chi connectivity index (χ4v) is 2.58. The van der Waals surface area contributed by atoms with Crippen molar-refractivity contribution in [3.63, 3.8) is 0 Å². The number of rotatable bonds is 8. The maximum atomic E-state index is 12.2. The molecule has 1 fully saturated rings. The number of nitrogens with two attached hydrogens (primary N) is 1. The average Bonchev–Trinajstić information content (AvgIpc) is 3.26. The van der Waals surface area contributed by atoms with Gasteiger partial charge in [0.05, 0.1) is 11.9 Å². The zero-order chi connectivity index (χ0) is 14.5. The summed E-state index contributed by atoms with van der Waals surface area (Å²) in [6.45, 7) is 3.44. The van der Waals surface area contributed by atoms with Crippen LogP contribution in [0.4, 0.5) is 5.69 Å². The first-order valence-corrected chi connectivity index (χ1v) is 8.17. The summed E-state index contributed by atoms with van der Waals surface area (Å²) in [6, 6.07) is 0.187. The van der Waals surface area contributed by atoms with Crippen molar-refractivity contribution in [3.05, 3.63) is 21.0 Å². The summed E-state index contributed by atoms with van der Waals surface area (Å²) < 4.78 is 2.11. The Morgan fingerprint density at radius 3 is 2.95 bits per heavy atom. The molecule has 1 aromatic rings. The quantitative estimate of drug-likeness (QED) is 0.760. The number of nitrogens with zero attached hydrogens (tertiary/aromatic N) is 2. The van der Waals surface area contributed by atoms with Gasteiger partial charge in [-0.25, -0.2) is 4.68 Å². The van der Waals surface area contributed by atoms with Crippen LogP contribution in [-0.4, -0.2) is 22.4 Å². The molecule has 0 aromatic carbocycles. The van der Waals surface area contributed by atoms with Gasteiger partial charge in [0.25, 0.3) is 5.56 Å². The summed E-state index contributed by atoms with van der Waals surface area (Å²) in [4.78, 5) is 12.2. The number of hydrogen-bond donors (Lipinski definition) is 2. The van der Waals surface area contributed by atoms with E-state index in [2.05, 4.69) is 33.3 Å². The van der Waals surface area contributed by atoms with E-state index < -0.39 is 0 Å². The monoisotopic (exact) mass is 342 g/mol. The van der Waals surface area contributed by atoms with Crippen LogP contribution in [0, 0.1) is 5.92 Å². The van der Waals surface area contributed by atoms with Gasteiger partial charge in [0.2, 0.25) is 0 Å². The molecule has 0 amide bonds. The van der Waals surface area contributed by atoms with Gasteiger partial charge in [0.15, 0.2) is 0 Å². The normalized spacial score (nSPS) is 16.1. The van der Waals surface area contributed by atoms with Gasteiger partial charge in [0, 0.05) is 19.1 Å². The number of hydrogen-bond acceptors (Lipinski definition) is 4. The molecule has 1 aromatic heterocycles. The van der Waals surface area contributed by atoms with Crippen molar-refractivity contribution >= 4 is 21.6 Å². The molecule has 0 spiro atoms. The van der Waals surface area contributed by atoms with E-state index in [1.807, 2.05) is 0 Å². The molecule has 1 atom stereocenters. The number of anilines is 1. The van der Waals surface area contributed by atoms with Crippen molar-refractivity contribution < 1.29 is 0 Å². The first kappa shape index (κ1) is 15.5. The van der Waals surface area contributed by atoms with E-state index >= 15 is 0 Å². The average molecular weight is 343 g/mol. The number of unbranched alkanes of at least 4 members (excludes halogenated alkanes) is 1. The number of halogens is 1. The predicted molar refractivity (Wildman–Crippen MR) is 84.9 cm³/mol. The predicted octanol–water partition coefficient (Wildman–Crippen LogP) is 2.35. The lowest BCUT2D eigenvalue weighted by molar-refractivity contribution is 0.530. The van der Waals surface area contributed by atoms with Crippen LogP contribution in [0.2, 0.25) is 0 Å². The third-order valence-corrected chi connectivity index (χ3v) is 4.43. The van der Waals surface area contributed by atoms with Crippen LogP contribution in [0.5, 0.6) is 0 Å². The van der Waals surface area contributed by atoms with Crippen LogP contribution >= 0.6 is 15.9 Å². The van der Waals surface area contributed by atoms with Crippen LogP contribution in [0.3, 0.4) is 0 Å². The molecule has 0 saturated heterocycles. The van der Waals surface area contributed by atoms with Crippen molar-refractivity contribution in [3.8, 4) is 0 Å². The fourth-order valence-electron chi connectivity index (χ4n) is 2.16. The van der Waals surface area contributed by atoms with Crippen LogP contribution < -0.4 is 16.6 Å². The second-order valence-corrected chi connectivity index (χ2v) is 6.32. The van der Waals surface area contributed by atoms with Gasteiger partial charge >= 0.3 is 0 Å². The van der Waals surface area contributed by atoms with Crippen molar-refractivity contribution in [2.75, 3.05) is 11.9 Å². The van der Waals surface area contributed by atoms with Crippen LogP contribution in [0.25, 0.3) is 0 Å². The number of nitrogens with one attached hydrogen (secondary N) is 1. The zero-order valence-electron chi connectivity index (χ0n) is 11.9. The maximum absolute atomic E-state index is 12.2. The Balaban J connectivity index is 2.07. The SMILES string of the molecule is CCCCC(CN)Nc1cnn(CC2CC2)c(=O)c1Br. The van der Waals surface area contributed by atoms with Crippen molar-refractivity contribution in [1.82, 2.24) is 9.78 Å². The Labute approximate surface area is 128 Å². The van der Waals surface area contributed by atoms with E-state index in [0.717, 1.165) is 31.5 Å². The topological polar surface area (TPSA) is 72.9 Å². The smallest absolute Gasteiger partial charge is 0.283 e. The molecule has 1 heterocycles. The molecule has 20 heavy (non-hydrogen) atoms. The Hall–Kier alpha value is -0.880. The van der Waals surface area contributed by atoms with Gasteiger partial charge in [-0.15, -0.1) is 0 Å². The largest absolute Gasteiger partial charge is 0.379 e. The van der Waals surface area contributed by atoms with Crippen LogP contribution in [0.1, 0.15) is 39.0 Å². The highest BCUT2D eigenvalue weighted by atomic mass is 79.9. The minimum Gasteiger partial charge on any atom is -0.379 e. The molecule has 3 N–H and O–H groups in total. The van der Waals surface area contributed by atoms with E-state index in [4.69, 9.17) is 5.73 Å². The number of aromatic nitrogens is 2.